The van der Waals surface area contributed by atoms with Gasteiger partial charge in [-0.2, -0.15) is 0 Å². The van der Waals surface area contributed by atoms with Crippen molar-refractivity contribution in [2.75, 3.05) is 0 Å². The number of carbonyl (C=O) groups is 1. The van der Waals surface area contributed by atoms with Crippen molar-refractivity contribution in [1.29, 1.82) is 0 Å². The van der Waals surface area contributed by atoms with Crippen LogP contribution in [0.5, 0.6) is 0 Å². The predicted octanol–water partition coefficient (Wildman–Crippen LogP) is 5.37. The zero-order valence-corrected chi connectivity index (χ0v) is 17.1. The van der Waals surface area contributed by atoms with Gasteiger partial charge in [-0.25, -0.2) is 13.8 Å². The number of aromatic nitrogens is 2. The molecule has 3 atom stereocenters. The third-order valence-electron chi connectivity index (χ3n) is 6.29. The Labute approximate surface area is 175 Å². The highest BCUT2D eigenvalue weighted by Crippen LogP contribution is 2.30. The van der Waals surface area contributed by atoms with E-state index in [-0.39, 0.29) is 11.9 Å². The van der Waals surface area contributed by atoms with E-state index in [2.05, 4.69) is 24.1 Å². The van der Waals surface area contributed by atoms with Crippen molar-refractivity contribution < 1.29 is 13.6 Å². The van der Waals surface area contributed by atoms with Crippen LogP contribution < -0.4 is 5.32 Å². The van der Waals surface area contributed by atoms with Crippen LogP contribution in [0.1, 0.15) is 43.6 Å². The molecule has 0 unspecified atom stereocenters. The minimum atomic E-state index is -0.878. The number of rotatable bonds is 4. The van der Waals surface area contributed by atoms with Crippen LogP contribution in [0.3, 0.4) is 0 Å². The summed E-state index contributed by atoms with van der Waals surface area (Å²) in [7, 11) is 0. The van der Waals surface area contributed by atoms with Crippen LogP contribution in [0.15, 0.2) is 55.0 Å². The van der Waals surface area contributed by atoms with Crippen LogP contribution in [0.2, 0.25) is 0 Å². The molecule has 1 N–H and O–H groups in total. The second-order valence-corrected chi connectivity index (χ2v) is 8.17. The van der Waals surface area contributed by atoms with Crippen molar-refractivity contribution in [2.45, 2.75) is 39.2 Å². The first-order valence-corrected chi connectivity index (χ1v) is 10.3. The molecule has 3 aromatic rings. The Kier molecular flexibility index (Phi) is 5.66. The van der Waals surface area contributed by atoms with Crippen LogP contribution in [-0.2, 0) is 0 Å². The smallest absolute Gasteiger partial charge is 0.270 e. The molecule has 4 rings (SSSR count). The van der Waals surface area contributed by atoms with E-state index in [1.165, 1.54) is 18.6 Å². The lowest BCUT2D eigenvalue weighted by Crippen LogP contribution is -2.44. The third kappa shape index (κ3) is 3.99. The maximum atomic E-state index is 13.5. The van der Waals surface area contributed by atoms with Crippen LogP contribution >= 0.6 is 0 Å². The van der Waals surface area contributed by atoms with E-state index in [1.807, 2.05) is 24.3 Å². The summed E-state index contributed by atoms with van der Waals surface area (Å²) in [6, 6.07) is 11.3. The quantitative estimate of drug-likeness (QED) is 0.630. The highest BCUT2D eigenvalue weighted by atomic mass is 19.2. The molecule has 0 saturated heterocycles. The number of hydrogen-bond donors (Lipinski definition) is 1. The molecular formula is C24H25F2N3O. The van der Waals surface area contributed by atoms with Crippen LogP contribution in [0, 0.1) is 23.5 Å². The SMILES string of the molecule is C[C@H]1[C@H](C)CCC[C@H]1NC(=O)c1cncn1-c1ccc(-c2ccc(F)c(F)c2)cc1. The summed E-state index contributed by atoms with van der Waals surface area (Å²) in [5.74, 6) is -0.849. The van der Waals surface area contributed by atoms with E-state index in [1.54, 1.807) is 17.1 Å². The minimum Gasteiger partial charge on any atom is -0.348 e. The van der Waals surface area contributed by atoms with Crippen molar-refractivity contribution in [1.82, 2.24) is 14.9 Å². The molecule has 4 nitrogen and oxygen atoms in total. The van der Waals surface area contributed by atoms with Crippen molar-refractivity contribution in [3.05, 3.63) is 72.3 Å². The average Bonchev–Trinajstić information content (AvgIpc) is 3.24. The Morgan fingerprint density at radius 2 is 1.77 bits per heavy atom. The Morgan fingerprint density at radius 3 is 2.50 bits per heavy atom. The summed E-state index contributed by atoms with van der Waals surface area (Å²) in [6.07, 6.45) is 6.50. The molecule has 0 bridgehead atoms. The molecule has 156 valence electrons. The molecule has 30 heavy (non-hydrogen) atoms. The summed E-state index contributed by atoms with van der Waals surface area (Å²) in [6.45, 7) is 4.44. The lowest BCUT2D eigenvalue weighted by atomic mass is 9.78. The number of benzene rings is 2. The first kappa shape index (κ1) is 20.3. The van der Waals surface area contributed by atoms with Crippen molar-refractivity contribution >= 4 is 5.91 Å². The molecule has 6 heteroatoms. The second kappa shape index (κ2) is 8.38. The molecule has 2 aromatic carbocycles. The number of carbonyl (C=O) groups excluding carboxylic acids is 1. The highest BCUT2D eigenvalue weighted by Gasteiger charge is 2.29. The average molecular weight is 409 g/mol. The van der Waals surface area contributed by atoms with Crippen LogP contribution in [0.4, 0.5) is 8.78 Å². The molecule has 0 aliphatic heterocycles. The van der Waals surface area contributed by atoms with E-state index in [0.717, 1.165) is 30.2 Å². The van der Waals surface area contributed by atoms with E-state index >= 15 is 0 Å². The first-order chi connectivity index (χ1) is 14.4. The van der Waals surface area contributed by atoms with Crippen molar-refractivity contribution in [3.8, 4) is 16.8 Å². The van der Waals surface area contributed by atoms with Gasteiger partial charge in [0.15, 0.2) is 11.6 Å². The van der Waals surface area contributed by atoms with Gasteiger partial charge in [0.2, 0.25) is 0 Å². The molecule has 0 radical (unpaired) electrons. The lowest BCUT2D eigenvalue weighted by molar-refractivity contribution is 0.0884. The van der Waals surface area contributed by atoms with Crippen LogP contribution in [-0.4, -0.2) is 21.5 Å². The van der Waals surface area contributed by atoms with Gasteiger partial charge in [-0.05, 0) is 53.6 Å². The number of nitrogens with zero attached hydrogens (tertiary/aromatic N) is 2. The maximum Gasteiger partial charge on any atom is 0.270 e. The molecule has 1 fully saturated rings. The Balaban J connectivity index is 1.54. The molecule has 1 amide bonds. The fourth-order valence-corrected chi connectivity index (χ4v) is 4.19. The number of halogens is 2. The Morgan fingerprint density at radius 1 is 1.03 bits per heavy atom. The van der Waals surface area contributed by atoms with Gasteiger partial charge in [0.05, 0.1) is 12.5 Å². The Bertz CT molecular complexity index is 1040. The second-order valence-electron chi connectivity index (χ2n) is 8.17. The van der Waals surface area contributed by atoms with E-state index in [9.17, 15) is 13.6 Å². The van der Waals surface area contributed by atoms with Gasteiger partial charge < -0.3 is 5.32 Å². The fourth-order valence-electron chi connectivity index (χ4n) is 4.19. The summed E-state index contributed by atoms with van der Waals surface area (Å²) in [5.41, 5.74) is 2.59. The minimum absolute atomic E-state index is 0.136. The lowest BCUT2D eigenvalue weighted by Gasteiger charge is -2.34. The molecule has 1 saturated carbocycles. The zero-order chi connectivity index (χ0) is 21.3. The van der Waals surface area contributed by atoms with Gasteiger partial charge in [0.25, 0.3) is 5.91 Å². The topological polar surface area (TPSA) is 46.9 Å². The van der Waals surface area contributed by atoms with E-state index in [0.29, 0.717) is 23.1 Å². The number of hydrogen-bond acceptors (Lipinski definition) is 2. The molecule has 0 spiro atoms. The molecule has 1 aliphatic carbocycles. The summed E-state index contributed by atoms with van der Waals surface area (Å²) >= 11 is 0. The Hall–Kier alpha value is -3.02. The van der Waals surface area contributed by atoms with Crippen molar-refractivity contribution in [2.24, 2.45) is 11.8 Å². The van der Waals surface area contributed by atoms with Gasteiger partial charge in [-0.15, -0.1) is 0 Å². The number of nitrogens with one attached hydrogen (secondary N) is 1. The molecule has 1 heterocycles. The first-order valence-electron chi connectivity index (χ1n) is 10.3. The van der Waals surface area contributed by atoms with Gasteiger partial charge in [0.1, 0.15) is 5.69 Å². The van der Waals surface area contributed by atoms with Gasteiger partial charge in [0, 0.05) is 11.7 Å². The monoisotopic (exact) mass is 409 g/mol. The van der Waals surface area contributed by atoms with Gasteiger partial charge in [-0.3, -0.25) is 9.36 Å². The third-order valence-corrected chi connectivity index (χ3v) is 6.29. The van der Waals surface area contributed by atoms with E-state index < -0.39 is 11.6 Å². The summed E-state index contributed by atoms with van der Waals surface area (Å²) in [5, 5.41) is 3.18. The van der Waals surface area contributed by atoms with E-state index in [4.69, 9.17) is 0 Å². The largest absolute Gasteiger partial charge is 0.348 e. The number of imidazole rings is 1. The highest BCUT2D eigenvalue weighted by molar-refractivity contribution is 5.93. The molecule has 1 aliphatic rings. The molecular weight excluding hydrogens is 384 g/mol. The number of amides is 1. The maximum absolute atomic E-state index is 13.5. The summed E-state index contributed by atoms with van der Waals surface area (Å²) in [4.78, 5) is 17.1. The molecule has 1 aromatic heterocycles. The summed E-state index contributed by atoms with van der Waals surface area (Å²) < 4.78 is 28.4. The predicted molar refractivity (Wildman–Crippen MR) is 112 cm³/mol. The standard InChI is InChI=1S/C24H25F2N3O/c1-15-4-3-5-22(16(15)2)28-24(30)23-13-27-14-29(23)19-9-6-17(7-10-19)18-8-11-20(25)21(26)12-18/h6-16,22H,3-5H2,1-2H3,(H,28,30)/t15-,16+,22-/m1/s1. The van der Waals surface area contributed by atoms with Crippen molar-refractivity contribution in [3.63, 3.8) is 0 Å². The van der Waals surface area contributed by atoms with Crippen LogP contribution in [0.25, 0.3) is 16.8 Å². The fraction of sp³-hybridized carbons (Fsp3) is 0.333. The zero-order valence-electron chi connectivity index (χ0n) is 17.1. The normalized spacial score (nSPS) is 21.4. The van der Waals surface area contributed by atoms with Gasteiger partial charge in [-0.1, -0.05) is 44.9 Å². The van der Waals surface area contributed by atoms with Gasteiger partial charge >= 0.3 is 0 Å².